The van der Waals surface area contributed by atoms with Crippen molar-refractivity contribution in [3.63, 3.8) is 0 Å². The lowest BCUT2D eigenvalue weighted by Gasteiger charge is -2.10. The van der Waals surface area contributed by atoms with E-state index in [1.165, 1.54) is 16.3 Å². The van der Waals surface area contributed by atoms with Crippen molar-refractivity contribution in [1.82, 2.24) is 4.98 Å². The number of nitrogens with zero attached hydrogens (tertiary/aromatic N) is 1. The molecule has 0 atom stereocenters. The molecule has 0 unspecified atom stereocenters. The molecule has 0 aliphatic heterocycles. The highest BCUT2D eigenvalue weighted by atomic mass is 79.9. The van der Waals surface area contributed by atoms with Crippen LogP contribution in [0.1, 0.15) is 5.56 Å². The minimum Gasteiger partial charge on any atom is -0.380 e. The number of rotatable bonds is 3. The molecule has 0 bridgehead atoms. The fourth-order valence-electron chi connectivity index (χ4n) is 2.12. The van der Waals surface area contributed by atoms with Gasteiger partial charge < -0.3 is 5.32 Å². The summed E-state index contributed by atoms with van der Waals surface area (Å²) >= 11 is 3.59. The normalized spacial score (nSPS) is 10.6. The lowest BCUT2D eigenvalue weighted by molar-refractivity contribution is 1.12. The monoisotopic (exact) mass is 312 g/mol. The molecule has 2 aromatic carbocycles. The summed E-state index contributed by atoms with van der Waals surface area (Å²) in [6.07, 6.45) is 3.67. The Morgan fingerprint density at radius 1 is 0.947 bits per heavy atom. The van der Waals surface area contributed by atoms with Gasteiger partial charge in [-0.15, -0.1) is 0 Å². The summed E-state index contributed by atoms with van der Waals surface area (Å²) in [7, 11) is 0. The number of halogens is 1. The zero-order chi connectivity index (χ0) is 13.1. The predicted octanol–water partition coefficient (Wildman–Crippen LogP) is 4.61. The van der Waals surface area contributed by atoms with Crippen molar-refractivity contribution in [1.29, 1.82) is 0 Å². The average molecular weight is 313 g/mol. The summed E-state index contributed by atoms with van der Waals surface area (Å²) in [4.78, 5) is 4.13. The second-order valence-corrected chi connectivity index (χ2v) is 5.21. The average Bonchev–Trinajstić information content (AvgIpc) is 2.48. The Balaban J connectivity index is 1.91. The lowest BCUT2D eigenvalue weighted by atomic mass is 10.1. The summed E-state index contributed by atoms with van der Waals surface area (Å²) in [6.45, 7) is 0.777. The van der Waals surface area contributed by atoms with Gasteiger partial charge in [-0.1, -0.05) is 46.3 Å². The first kappa shape index (κ1) is 12.2. The van der Waals surface area contributed by atoms with Gasteiger partial charge in [0.15, 0.2) is 0 Å². The van der Waals surface area contributed by atoms with Crippen molar-refractivity contribution in [2.45, 2.75) is 6.54 Å². The number of fused-ring (bicyclic) bond motifs is 1. The number of hydrogen-bond donors (Lipinski definition) is 1. The number of pyridine rings is 1. The van der Waals surface area contributed by atoms with Gasteiger partial charge in [-0.3, -0.25) is 4.98 Å². The fraction of sp³-hybridized carbons (Fsp3) is 0.0625. The molecule has 3 heteroatoms. The number of anilines is 1. The highest BCUT2D eigenvalue weighted by molar-refractivity contribution is 9.10. The van der Waals surface area contributed by atoms with Crippen LogP contribution >= 0.6 is 15.9 Å². The number of benzene rings is 2. The lowest BCUT2D eigenvalue weighted by Crippen LogP contribution is -2.00. The Bertz CT molecular complexity index is 695. The third-order valence-corrected chi connectivity index (χ3v) is 3.77. The predicted molar refractivity (Wildman–Crippen MR) is 83.2 cm³/mol. The highest BCUT2D eigenvalue weighted by Crippen LogP contribution is 2.30. The van der Waals surface area contributed by atoms with Crippen molar-refractivity contribution in [2.75, 3.05) is 5.32 Å². The van der Waals surface area contributed by atoms with Crippen LogP contribution in [0.5, 0.6) is 0 Å². The van der Waals surface area contributed by atoms with E-state index >= 15 is 0 Å². The number of hydrogen-bond acceptors (Lipinski definition) is 2. The van der Waals surface area contributed by atoms with E-state index in [1.807, 2.05) is 12.3 Å². The van der Waals surface area contributed by atoms with Gasteiger partial charge in [-0.25, -0.2) is 0 Å². The van der Waals surface area contributed by atoms with Crippen molar-refractivity contribution < 1.29 is 0 Å². The Kier molecular flexibility index (Phi) is 3.47. The van der Waals surface area contributed by atoms with Crippen LogP contribution < -0.4 is 5.32 Å². The van der Waals surface area contributed by atoms with E-state index < -0.39 is 0 Å². The molecule has 0 amide bonds. The third kappa shape index (κ3) is 2.61. The van der Waals surface area contributed by atoms with E-state index in [-0.39, 0.29) is 0 Å². The maximum absolute atomic E-state index is 4.13. The fourth-order valence-corrected chi connectivity index (χ4v) is 2.59. The van der Waals surface area contributed by atoms with Gasteiger partial charge in [0, 0.05) is 34.5 Å². The minimum atomic E-state index is 0.777. The Labute approximate surface area is 120 Å². The van der Waals surface area contributed by atoms with Crippen LogP contribution in [-0.4, -0.2) is 4.98 Å². The van der Waals surface area contributed by atoms with E-state index in [0.29, 0.717) is 0 Å². The molecule has 0 aliphatic carbocycles. The highest BCUT2D eigenvalue weighted by Gasteiger charge is 2.03. The molecular weight excluding hydrogens is 300 g/mol. The quantitative estimate of drug-likeness (QED) is 0.764. The molecule has 0 spiro atoms. The molecule has 0 aliphatic rings. The van der Waals surface area contributed by atoms with Crippen molar-refractivity contribution in [2.24, 2.45) is 0 Å². The third-order valence-electron chi connectivity index (χ3n) is 3.08. The molecular formula is C16H13BrN2. The van der Waals surface area contributed by atoms with Crippen LogP contribution in [0.2, 0.25) is 0 Å². The largest absolute Gasteiger partial charge is 0.380 e. The molecule has 0 radical (unpaired) electrons. The van der Waals surface area contributed by atoms with E-state index in [0.717, 1.165) is 16.7 Å². The second kappa shape index (κ2) is 5.41. The summed E-state index contributed by atoms with van der Waals surface area (Å²) in [5.74, 6) is 0. The van der Waals surface area contributed by atoms with E-state index in [1.54, 1.807) is 6.20 Å². The first-order valence-electron chi connectivity index (χ1n) is 6.14. The SMILES string of the molecule is Brc1ccc(NCc2cccnc2)c2ccccc12. The topological polar surface area (TPSA) is 24.9 Å². The van der Waals surface area contributed by atoms with Crippen LogP contribution in [-0.2, 0) is 6.54 Å². The summed E-state index contributed by atoms with van der Waals surface area (Å²) < 4.78 is 1.12. The van der Waals surface area contributed by atoms with E-state index in [9.17, 15) is 0 Å². The van der Waals surface area contributed by atoms with Gasteiger partial charge in [0.2, 0.25) is 0 Å². The van der Waals surface area contributed by atoms with Crippen LogP contribution in [0.3, 0.4) is 0 Å². The molecule has 1 heterocycles. The molecule has 94 valence electrons. The van der Waals surface area contributed by atoms with Crippen molar-refractivity contribution >= 4 is 32.4 Å². The van der Waals surface area contributed by atoms with Gasteiger partial charge in [0.1, 0.15) is 0 Å². The molecule has 3 aromatic rings. The zero-order valence-electron chi connectivity index (χ0n) is 10.3. The Hall–Kier alpha value is -1.87. The van der Waals surface area contributed by atoms with Gasteiger partial charge in [-0.2, -0.15) is 0 Å². The molecule has 0 saturated carbocycles. The van der Waals surface area contributed by atoms with Gasteiger partial charge in [0.05, 0.1) is 0 Å². The zero-order valence-corrected chi connectivity index (χ0v) is 11.9. The number of aromatic nitrogens is 1. The first-order valence-corrected chi connectivity index (χ1v) is 6.94. The molecule has 0 fully saturated rings. The molecule has 1 aromatic heterocycles. The van der Waals surface area contributed by atoms with Crippen LogP contribution in [0.25, 0.3) is 10.8 Å². The molecule has 0 saturated heterocycles. The maximum atomic E-state index is 4.13. The van der Waals surface area contributed by atoms with Crippen LogP contribution in [0.15, 0.2) is 65.4 Å². The molecule has 1 N–H and O–H groups in total. The summed E-state index contributed by atoms with van der Waals surface area (Å²) in [5, 5.41) is 5.91. The Morgan fingerprint density at radius 2 is 1.79 bits per heavy atom. The minimum absolute atomic E-state index is 0.777. The van der Waals surface area contributed by atoms with Gasteiger partial charge in [0.25, 0.3) is 0 Å². The summed E-state index contributed by atoms with van der Waals surface area (Å²) in [6, 6.07) is 16.6. The van der Waals surface area contributed by atoms with E-state index in [2.05, 4.69) is 68.7 Å². The van der Waals surface area contributed by atoms with Crippen molar-refractivity contribution in [3.05, 3.63) is 71.0 Å². The molecule has 2 nitrogen and oxygen atoms in total. The van der Waals surface area contributed by atoms with Crippen LogP contribution in [0, 0.1) is 0 Å². The summed E-state index contributed by atoms with van der Waals surface area (Å²) in [5.41, 5.74) is 2.32. The van der Waals surface area contributed by atoms with Crippen molar-refractivity contribution in [3.8, 4) is 0 Å². The number of nitrogens with one attached hydrogen (secondary N) is 1. The standard InChI is InChI=1S/C16H13BrN2/c17-15-7-8-16(14-6-2-1-5-13(14)15)19-11-12-4-3-9-18-10-12/h1-10,19H,11H2. The van der Waals surface area contributed by atoms with Gasteiger partial charge in [-0.05, 0) is 29.1 Å². The van der Waals surface area contributed by atoms with Crippen LogP contribution in [0.4, 0.5) is 5.69 Å². The first-order chi connectivity index (χ1) is 9.34. The second-order valence-electron chi connectivity index (χ2n) is 4.36. The maximum Gasteiger partial charge on any atom is 0.0423 e. The van der Waals surface area contributed by atoms with Gasteiger partial charge >= 0.3 is 0 Å². The molecule has 19 heavy (non-hydrogen) atoms. The smallest absolute Gasteiger partial charge is 0.0423 e. The Morgan fingerprint density at radius 3 is 2.58 bits per heavy atom. The molecule has 3 rings (SSSR count). The van der Waals surface area contributed by atoms with E-state index in [4.69, 9.17) is 0 Å².